The Kier molecular flexibility index (Phi) is 3.03. The summed E-state index contributed by atoms with van der Waals surface area (Å²) in [4.78, 5) is 8.96. The van der Waals surface area contributed by atoms with E-state index >= 15 is 0 Å². The molecule has 0 saturated carbocycles. The van der Waals surface area contributed by atoms with Crippen LogP contribution in [0.3, 0.4) is 0 Å². The molecule has 0 amide bonds. The molecule has 0 aliphatic rings. The summed E-state index contributed by atoms with van der Waals surface area (Å²) in [5.74, 6) is 0.695. The lowest BCUT2D eigenvalue weighted by atomic mass is 9.98. The molecule has 0 bridgehead atoms. The average molecular weight is 266 g/mol. The molecule has 0 fully saturated rings. The lowest BCUT2D eigenvalue weighted by Crippen LogP contribution is -2.03. The van der Waals surface area contributed by atoms with Crippen LogP contribution in [0.5, 0.6) is 0 Å². The Morgan fingerprint density at radius 1 is 1.10 bits per heavy atom. The first-order chi connectivity index (χ1) is 9.61. The van der Waals surface area contributed by atoms with Gasteiger partial charge in [0.2, 0.25) is 5.78 Å². The smallest absolute Gasteiger partial charge is 0.234 e. The molecule has 20 heavy (non-hydrogen) atoms. The third kappa shape index (κ3) is 1.89. The molecule has 3 aromatic rings. The van der Waals surface area contributed by atoms with Gasteiger partial charge in [-0.05, 0) is 49.6 Å². The minimum absolute atomic E-state index is 0.439. The molecule has 0 atom stereocenters. The van der Waals surface area contributed by atoms with Crippen LogP contribution in [-0.2, 0) is 6.54 Å². The maximum absolute atomic E-state index is 5.93. The van der Waals surface area contributed by atoms with Gasteiger partial charge in [0.05, 0.1) is 11.4 Å². The molecule has 2 N–H and O–H groups in total. The van der Waals surface area contributed by atoms with Gasteiger partial charge in [-0.15, -0.1) is 0 Å². The standard InChI is InChI=1S/C16H18N4/c1-10-7-12(3)13(8-11(10)2)15-14(9-17)20-6-4-5-18-16(20)19-15/h4-8H,9,17H2,1-3H3. The van der Waals surface area contributed by atoms with Crippen LogP contribution in [0.4, 0.5) is 0 Å². The van der Waals surface area contributed by atoms with Gasteiger partial charge < -0.3 is 5.73 Å². The predicted octanol–water partition coefficient (Wildman–Crippen LogP) is 2.78. The Bertz CT molecular complexity index is 787. The predicted molar refractivity (Wildman–Crippen MR) is 80.5 cm³/mol. The summed E-state index contributed by atoms with van der Waals surface area (Å²) in [7, 11) is 0. The summed E-state index contributed by atoms with van der Waals surface area (Å²) in [5.41, 5.74) is 12.8. The highest BCUT2D eigenvalue weighted by molar-refractivity contribution is 5.70. The fourth-order valence-electron chi connectivity index (χ4n) is 2.56. The van der Waals surface area contributed by atoms with Gasteiger partial charge in [-0.3, -0.25) is 4.40 Å². The second-order valence-electron chi connectivity index (χ2n) is 5.15. The highest BCUT2D eigenvalue weighted by Gasteiger charge is 2.15. The largest absolute Gasteiger partial charge is 0.325 e. The van der Waals surface area contributed by atoms with Crippen molar-refractivity contribution in [1.29, 1.82) is 0 Å². The van der Waals surface area contributed by atoms with Crippen molar-refractivity contribution >= 4 is 5.78 Å². The molecule has 0 radical (unpaired) electrons. The van der Waals surface area contributed by atoms with Crippen LogP contribution in [0.1, 0.15) is 22.4 Å². The van der Waals surface area contributed by atoms with E-state index in [-0.39, 0.29) is 0 Å². The molecule has 1 aromatic carbocycles. The van der Waals surface area contributed by atoms with Crippen molar-refractivity contribution in [3.63, 3.8) is 0 Å². The highest BCUT2D eigenvalue weighted by Crippen LogP contribution is 2.28. The van der Waals surface area contributed by atoms with Crippen LogP contribution in [0.25, 0.3) is 17.0 Å². The van der Waals surface area contributed by atoms with Crippen molar-refractivity contribution < 1.29 is 0 Å². The van der Waals surface area contributed by atoms with E-state index in [0.29, 0.717) is 12.3 Å². The second-order valence-corrected chi connectivity index (χ2v) is 5.15. The van der Waals surface area contributed by atoms with Crippen molar-refractivity contribution in [3.05, 3.63) is 53.0 Å². The third-order valence-corrected chi connectivity index (χ3v) is 3.79. The molecule has 0 aliphatic carbocycles. The van der Waals surface area contributed by atoms with Gasteiger partial charge in [-0.1, -0.05) is 6.07 Å². The van der Waals surface area contributed by atoms with Gasteiger partial charge in [0.15, 0.2) is 0 Å². The van der Waals surface area contributed by atoms with E-state index in [1.807, 2.05) is 16.7 Å². The monoisotopic (exact) mass is 266 g/mol. The number of rotatable bonds is 2. The Balaban J connectivity index is 2.32. The maximum atomic E-state index is 5.93. The maximum Gasteiger partial charge on any atom is 0.234 e. The fourth-order valence-corrected chi connectivity index (χ4v) is 2.56. The molecule has 3 rings (SSSR count). The van der Waals surface area contributed by atoms with Crippen molar-refractivity contribution in [3.8, 4) is 11.3 Å². The molecular formula is C16H18N4. The Morgan fingerprint density at radius 3 is 2.60 bits per heavy atom. The summed E-state index contributed by atoms with van der Waals surface area (Å²) in [6, 6.07) is 6.28. The molecule has 2 heterocycles. The number of fused-ring (bicyclic) bond motifs is 1. The highest BCUT2D eigenvalue weighted by atomic mass is 15.1. The molecule has 0 aliphatic heterocycles. The van der Waals surface area contributed by atoms with Gasteiger partial charge in [0.1, 0.15) is 0 Å². The van der Waals surface area contributed by atoms with E-state index in [1.54, 1.807) is 6.20 Å². The topological polar surface area (TPSA) is 56.2 Å². The van der Waals surface area contributed by atoms with E-state index in [0.717, 1.165) is 17.0 Å². The Morgan fingerprint density at radius 2 is 1.85 bits per heavy atom. The van der Waals surface area contributed by atoms with Crippen LogP contribution in [0, 0.1) is 20.8 Å². The summed E-state index contributed by atoms with van der Waals surface area (Å²) in [6.45, 7) is 6.80. The molecule has 2 aromatic heterocycles. The molecular weight excluding hydrogens is 248 g/mol. The minimum Gasteiger partial charge on any atom is -0.325 e. The fraction of sp³-hybridized carbons (Fsp3) is 0.250. The van der Waals surface area contributed by atoms with Crippen molar-refractivity contribution in [2.75, 3.05) is 0 Å². The zero-order valence-corrected chi connectivity index (χ0v) is 12.0. The van der Waals surface area contributed by atoms with Crippen molar-refractivity contribution in [2.24, 2.45) is 5.73 Å². The third-order valence-electron chi connectivity index (χ3n) is 3.79. The number of aromatic nitrogens is 3. The van der Waals surface area contributed by atoms with Gasteiger partial charge in [-0.25, -0.2) is 9.97 Å². The lowest BCUT2D eigenvalue weighted by molar-refractivity contribution is 0.949. The lowest BCUT2D eigenvalue weighted by Gasteiger charge is -2.09. The van der Waals surface area contributed by atoms with E-state index in [4.69, 9.17) is 5.73 Å². The number of aryl methyl sites for hydroxylation is 3. The van der Waals surface area contributed by atoms with Gasteiger partial charge in [0, 0.05) is 24.5 Å². The summed E-state index contributed by atoms with van der Waals surface area (Å²) in [6.07, 6.45) is 3.71. The van der Waals surface area contributed by atoms with E-state index < -0.39 is 0 Å². The van der Waals surface area contributed by atoms with Crippen LogP contribution in [0.15, 0.2) is 30.6 Å². The van der Waals surface area contributed by atoms with E-state index in [9.17, 15) is 0 Å². The first kappa shape index (κ1) is 12.8. The number of hydrogen-bond donors (Lipinski definition) is 1. The Hall–Kier alpha value is -2.20. The number of nitrogens with two attached hydrogens (primary N) is 1. The summed E-state index contributed by atoms with van der Waals surface area (Å²) >= 11 is 0. The quantitative estimate of drug-likeness (QED) is 0.776. The van der Waals surface area contributed by atoms with Gasteiger partial charge >= 0.3 is 0 Å². The number of hydrogen-bond acceptors (Lipinski definition) is 3. The first-order valence-corrected chi connectivity index (χ1v) is 6.72. The van der Waals surface area contributed by atoms with Gasteiger partial charge in [0.25, 0.3) is 0 Å². The van der Waals surface area contributed by atoms with Crippen LogP contribution >= 0.6 is 0 Å². The summed E-state index contributed by atoms with van der Waals surface area (Å²) in [5, 5.41) is 0. The molecule has 4 nitrogen and oxygen atoms in total. The second kappa shape index (κ2) is 4.72. The molecule has 102 valence electrons. The van der Waals surface area contributed by atoms with Crippen LogP contribution < -0.4 is 5.73 Å². The minimum atomic E-state index is 0.439. The molecule has 0 unspecified atom stereocenters. The van der Waals surface area contributed by atoms with E-state index in [2.05, 4.69) is 42.9 Å². The van der Waals surface area contributed by atoms with E-state index in [1.165, 1.54) is 16.7 Å². The van der Waals surface area contributed by atoms with Gasteiger partial charge in [-0.2, -0.15) is 0 Å². The average Bonchev–Trinajstić information content (AvgIpc) is 2.81. The zero-order valence-electron chi connectivity index (χ0n) is 12.0. The van der Waals surface area contributed by atoms with Crippen molar-refractivity contribution in [2.45, 2.75) is 27.3 Å². The van der Waals surface area contributed by atoms with Crippen molar-refractivity contribution in [1.82, 2.24) is 14.4 Å². The number of imidazole rings is 1. The summed E-state index contributed by atoms with van der Waals surface area (Å²) < 4.78 is 1.96. The Labute approximate surface area is 118 Å². The first-order valence-electron chi connectivity index (χ1n) is 6.72. The van der Waals surface area contributed by atoms with Crippen LogP contribution in [0.2, 0.25) is 0 Å². The zero-order chi connectivity index (χ0) is 14.3. The number of nitrogens with zero attached hydrogens (tertiary/aromatic N) is 3. The SMILES string of the molecule is Cc1cc(C)c(-c2nc3ncccn3c2CN)cc1C. The molecule has 0 saturated heterocycles. The normalized spacial score (nSPS) is 11.2. The van der Waals surface area contributed by atoms with Crippen LogP contribution in [-0.4, -0.2) is 14.4 Å². The molecule has 4 heteroatoms. The number of benzene rings is 1. The molecule has 0 spiro atoms.